The third kappa shape index (κ3) is 6.96. The fraction of sp³-hybridized carbons (Fsp3) is 0.250. The van der Waals surface area contributed by atoms with Gasteiger partial charge in [0.25, 0.3) is 0 Å². The first-order valence-electron chi connectivity index (χ1n) is 9.89. The van der Waals surface area contributed by atoms with Crippen LogP contribution < -0.4 is 15.4 Å². The summed E-state index contributed by atoms with van der Waals surface area (Å²) in [6, 6.07) is 23.6. The Morgan fingerprint density at radius 3 is 2.45 bits per heavy atom. The van der Waals surface area contributed by atoms with Gasteiger partial charge >= 0.3 is 6.03 Å². The number of carbonyl (C=O) groups is 1. The van der Waals surface area contributed by atoms with Crippen LogP contribution in [0.3, 0.4) is 0 Å². The van der Waals surface area contributed by atoms with Crippen molar-refractivity contribution in [3.8, 4) is 5.75 Å². The van der Waals surface area contributed by atoms with Crippen molar-refractivity contribution >= 4 is 6.03 Å². The van der Waals surface area contributed by atoms with E-state index in [0.717, 1.165) is 23.4 Å². The van der Waals surface area contributed by atoms with Crippen LogP contribution in [-0.2, 0) is 13.2 Å². The van der Waals surface area contributed by atoms with Crippen molar-refractivity contribution in [3.63, 3.8) is 0 Å². The Morgan fingerprint density at radius 2 is 1.72 bits per heavy atom. The molecule has 150 valence electrons. The maximum atomic E-state index is 12.0. The summed E-state index contributed by atoms with van der Waals surface area (Å²) in [5, 5.41) is 5.81. The third-order valence-corrected chi connectivity index (χ3v) is 4.72. The number of carbonyl (C=O) groups excluding carboxylic acids is 1. The highest BCUT2D eigenvalue weighted by atomic mass is 16.5. The topological polar surface area (TPSA) is 63.2 Å². The first kappa shape index (κ1) is 20.4. The number of hydrogen-bond acceptors (Lipinski definition) is 3. The lowest BCUT2D eigenvalue weighted by Gasteiger charge is -2.13. The molecule has 29 heavy (non-hydrogen) atoms. The molecule has 2 aromatic carbocycles. The zero-order valence-electron chi connectivity index (χ0n) is 16.7. The van der Waals surface area contributed by atoms with Crippen molar-refractivity contribution in [1.82, 2.24) is 15.6 Å². The summed E-state index contributed by atoms with van der Waals surface area (Å²) in [5.74, 6) is 1.19. The zero-order valence-corrected chi connectivity index (χ0v) is 16.7. The average Bonchev–Trinajstić information content (AvgIpc) is 2.78. The molecular formula is C24H27N3O2. The van der Waals surface area contributed by atoms with Gasteiger partial charge in [-0.3, -0.25) is 4.98 Å². The fourth-order valence-electron chi connectivity index (χ4n) is 2.94. The molecule has 0 bridgehead atoms. The van der Waals surface area contributed by atoms with Crippen molar-refractivity contribution < 1.29 is 9.53 Å². The molecule has 1 aromatic heterocycles. The fourth-order valence-corrected chi connectivity index (χ4v) is 2.94. The smallest absolute Gasteiger partial charge is 0.315 e. The summed E-state index contributed by atoms with van der Waals surface area (Å²) in [4.78, 5) is 16.2. The molecule has 3 aromatic rings. The van der Waals surface area contributed by atoms with Crippen molar-refractivity contribution in [2.75, 3.05) is 6.54 Å². The summed E-state index contributed by atoms with van der Waals surface area (Å²) in [5.41, 5.74) is 3.19. The van der Waals surface area contributed by atoms with E-state index in [4.69, 9.17) is 4.74 Å². The van der Waals surface area contributed by atoms with Gasteiger partial charge in [-0.25, -0.2) is 4.79 Å². The second-order valence-electron chi connectivity index (χ2n) is 6.96. The van der Waals surface area contributed by atoms with E-state index in [2.05, 4.69) is 34.7 Å². The van der Waals surface area contributed by atoms with Crippen LogP contribution in [0, 0.1) is 0 Å². The van der Waals surface area contributed by atoms with Gasteiger partial charge in [0.2, 0.25) is 0 Å². The summed E-state index contributed by atoms with van der Waals surface area (Å²) < 4.78 is 5.72. The van der Waals surface area contributed by atoms with Crippen LogP contribution in [0.25, 0.3) is 0 Å². The van der Waals surface area contributed by atoms with E-state index in [-0.39, 0.29) is 6.03 Å². The Kier molecular flexibility index (Phi) is 7.63. The van der Waals surface area contributed by atoms with E-state index < -0.39 is 0 Å². The molecule has 5 heteroatoms. The number of nitrogens with one attached hydrogen (secondary N) is 2. The van der Waals surface area contributed by atoms with Crippen molar-refractivity contribution in [3.05, 3.63) is 95.8 Å². The summed E-state index contributed by atoms with van der Waals surface area (Å²) in [6.07, 6.45) is 2.65. The van der Waals surface area contributed by atoms with Crippen molar-refractivity contribution in [2.45, 2.75) is 32.4 Å². The van der Waals surface area contributed by atoms with E-state index >= 15 is 0 Å². The minimum Gasteiger partial charge on any atom is -0.487 e. The molecule has 3 rings (SSSR count). The number of amides is 2. The molecule has 0 aliphatic rings. The van der Waals surface area contributed by atoms with Gasteiger partial charge in [0, 0.05) is 19.3 Å². The van der Waals surface area contributed by atoms with Crippen LogP contribution in [0.15, 0.2) is 79.0 Å². The summed E-state index contributed by atoms with van der Waals surface area (Å²) in [6.45, 7) is 3.72. The molecule has 0 spiro atoms. The minimum atomic E-state index is -0.152. The number of ether oxygens (including phenoxy) is 1. The minimum absolute atomic E-state index is 0.152. The number of nitrogens with zero attached hydrogens (tertiary/aromatic N) is 1. The molecule has 0 saturated heterocycles. The lowest BCUT2D eigenvalue weighted by atomic mass is 9.98. The van der Waals surface area contributed by atoms with Crippen LogP contribution in [0.1, 0.15) is 36.1 Å². The van der Waals surface area contributed by atoms with Gasteiger partial charge in [0.15, 0.2) is 0 Å². The second kappa shape index (κ2) is 10.9. The molecule has 2 N–H and O–H groups in total. The Balaban J connectivity index is 1.34. The number of pyridine rings is 1. The average molecular weight is 389 g/mol. The summed E-state index contributed by atoms with van der Waals surface area (Å²) in [7, 11) is 0. The normalized spacial score (nSPS) is 11.5. The van der Waals surface area contributed by atoms with Gasteiger partial charge in [-0.1, -0.05) is 55.5 Å². The second-order valence-corrected chi connectivity index (χ2v) is 6.96. The van der Waals surface area contributed by atoms with E-state index in [1.807, 2.05) is 60.7 Å². The van der Waals surface area contributed by atoms with Crippen molar-refractivity contribution in [1.29, 1.82) is 0 Å². The van der Waals surface area contributed by atoms with Crippen molar-refractivity contribution in [2.24, 2.45) is 0 Å². The van der Waals surface area contributed by atoms with E-state index in [9.17, 15) is 4.79 Å². The number of urea groups is 1. The molecule has 0 aliphatic heterocycles. The van der Waals surface area contributed by atoms with Gasteiger partial charge in [-0.2, -0.15) is 0 Å². The molecule has 0 aliphatic carbocycles. The van der Waals surface area contributed by atoms with E-state index in [1.54, 1.807) is 6.20 Å². The first-order valence-corrected chi connectivity index (χ1v) is 9.89. The van der Waals surface area contributed by atoms with Crippen LogP contribution >= 0.6 is 0 Å². The number of hydrogen-bond donors (Lipinski definition) is 2. The Morgan fingerprint density at radius 1 is 0.966 bits per heavy atom. The highest BCUT2D eigenvalue weighted by molar-refractivity contribution is 5.73. The van der Waals surface area contributed by atoms with Gasteiger partial charge in [0.1, 0.15) is 12.4 Å². The molecule has 0 radical (unpaired) electrons. The monoisotopic (exact) mass is 389 g/mol. The molecule has 1 heterocycles. The molecule has 0 saturated carbocycles. The molecular weight excluding hydrogens is 362 g/mol. The largest absolute Gasteiger partial charge is 0.487 e. The third-order valence-electron chi connectivity index (χ3n) is 4.72. The first-order chi connectivity index (χ1) is 14.2. The lowest BCUT2D eigenvalue weighted by molar-refractivity contribution is 0.240. The predicted molar refractivity (Wildman–Crippen MR) is 115 cm³/mol. The number of rotatable bonds is 9. The molecule has 1 atom stereocenters. The standard InChI is InChI=1S/C24H27N3O2/c1-19(21-7-3-2-4-8-21)14-16-26-24(28)27-17-20-10-12-23(13-11-20)29-18-22-9-5-6-15-25-22/h2-13,15,19H,14,16-18H2,1H3,(H2,26,27,28). The predicted octanol–water partition coefficient (Wildman–Crippen LogP) is 4.65. The van der Waals surface area contributed by atoms with E-state index in [0.29, 0.717) is 25.6 Å². The highest BCUT2D eigenvalue weighted by Gasteiger charge is 2.06. The van der Waals surface area contributed by atoms with Crippen LogP contribution in [-0.4, -0.2) is 17.6 Å². The maximum absolute atomic E-state index is 12.0. The van der Waals surface area contributed by atoms with Crippen LogP contribution in [0.4, 0.5) is 4.79 Å². The molecule has 1 unspecified atom stereocenters. The Bertz CT molecular complexity index is 868. The quantitative estimate of drug-likeness (QED) is 0.560. The van der Waals surface area contributed by atoms with Crippen LogP contribution in [0.2, 0.25) is 0 Å². The zero-order chi connectivity index (χ0) is 20.3. The highest BCUT2D eigenvalue weighted by Crippen LogP contribution is 2.17. The lowest BCUT2D eigenvalue weighted by Crippen LogP contribution is -2.35. The van der Waals surface area contributed by atoms with E-state index in [1.165, 1.54) is 5.56 Å². The molecule has 2 amide bonds. The Labute approximate surface area is 172 Å². The molecule has 5 nitrogen and oxygen atoms in total. The number of benzene rings is 2. The van der Waals surface area contributed by atoms with Crippen LogP contribution in [0.5, 0.6) is 5.75 Å². The maximum Gasteiger partial charge on any atom is 0.315 e. The number of aromatic nitrogens is 1. The molecule has 0 fully saturated rings. The van der Waals surface area contributed by atoms with Gasteiger partial charge in [0.05, 0.1) is 5.69 Å². The summed E-state index contributed by atoms with van der Waals surface area (Å²) >= 11 is 0. The van der Waals surface area contributed by atoms with Gasteiger partial charge < -0.3 is 15.4 Å². The van der Waals surface area contributed by atoms with Gasteiger partial charge in [-0.15, -0.1) is 0 Å². The Hall–Kier alpha value is -3.34. The SMILES string of the molecule is CC(CCNC(=O)NCc1ccc(OCc2ccccn2)cc1)c1ccccc1. The van der Waals surface area contributed by atoms with Gasteiger partial charge in [-0.05, 0) is 47.7 Å².